The van der Waals surface area contributed by atoms with Crippen molar-refractivity contribution < 1.29 is 27.9 Å². The number of carboxylic acids is 1. The Labute approximate surface area is 117 Å². The number of carboxylic acid groups (broad SMARTS) is 1. The van der Waals surface area contributed by atoms with Crippen molar-refractivity contribution in [2.75, 3.05) is 13.1 Å². The van der Waals surface area contributed by atoms with Gasteiger partial charge in [0.15, 0.2) is 0 Å². The van der Waals surface area contributed by atoms with Gasteiger partial charge in [0.2, 0.25) is 0 Å². The molecule has 1 rings (SSSR count). The van der Waals surface area contributed by atoms with Gasteiger partial charge in [-0.2, -0.15) is 13.2 Å². The molecule has 0 aliphatic carbocycles. The lowest BCUT2D eigenvalue weighted by Crippen LogP contribution is -2.35. The first-order valence-corrected chi connectivity index (χ1v) is 5.91. The Morgan fingerprint density at radius 3 is 2.35 bits per heavy atom. The average Bonchev–Trinajstić information content (AvgIpc) is 2.33. The molecule has 1 N–H and O–H groups in total. The third-order valence-corrected chi connectivity index (χ3v) is 2.69. The van der Waals surface area contributed by atoms with E-state index in [2.05, 4.69) is 0 Å². The van der Waals surface area contributed by atoms with Crippen molar-refractivity contribution in [1.82, 2.24) is 4.90 Å². The molecule has 4 nitrogen and oxygen atoms in total. The van der Waals surface area contributed by atoms with Crippen molar-refractivity contribution in [2.24, 2.45) is 0 Å². The zero-order chi connectivity index (χ0) is 15.5. The van der Waals surface area contributed by atoms with Crippen LogP contribution in [0.15, 0.2) is 18.2 Å². The Balaban J connectivity index is 3.15. The summed E-state index contributed by atoms with van der Waals surface area (Å²) in [5.41, 5.74) is -1.35. The first-order valence-electron chi connectivity index (χ1n) is 5.54. The molecule has 1 aromatic carbocycles. The molecule has 8 heteroatoms. The molecule has 0 saturated heterocycles. The summed E-state index contributed by atoms with van der Waals surface area (Å²) in [5, 5.41) is 8.41. The third-order valence-electron chi connectivity index (χ3n) is 2.47. The highest BCUT2D eigenvalue weighted by molar-refractivity contribution is 6.31. The van der Waals surface area contributed by atoms with Crippen LogP contribution >= 0.6 is 11.6 Å². The van der Waals surface area contributed by atoms with Gasteiger partial charge in [0.05, 0.1) is 5.56 Å². The van der Waals surface area contributed by atoms with Crippen molar-refractivity contribution in [3.05, 3.63) is 34.3 Å². The maximum absolute atomic E-state index is 12.6. The van der Waals surface area contributed by atoms with Crippen molar-refractivity contribution in [3.63, 3.8) is 0 Å². The normalized spacial score (nSPS) is 11.2. The Kier molecular flexibility index (Phi) is 4.99. The molecule has 0 saturated carbocycles. The van der Waals surface area contributed by atoms with E-state index in [9.17, 15) is 22.8 Å². The first kappa shape index (κ1) is 16.3. The van der Waals surface area contributed by atoms with Crippen molar-refractivity contribution in [2.45, 2.75) is 13.1 Å². The molecular formula is C12H11ClF3NO3. The van der Waals surface area contributed by atoms with Crippen LogP contribution in [0.25, 0.3) is 0 Å². The lowest BCUT2D eigenvalue weighted by molar-refractivity contribution is -0.138. The minimum Gasteiger partial charge on any atom is -0.480 e. The molecule has 110 valence electrons. The number of aliphatic carboxylic acids is 1. The summed E-state index contributed by atoms with van der Waals surface area (Å²) in [4.78, 5) is 23.5. The predicted molar refractivity (Wildman–Crippen MR) is 65.7 cm³/mol. The van der Waals surface area contributed by atoms with Crippen LogP contribution in [0.1, 0.15) is 22.8 Å². The smallest absolute Gasteiger partial charge is 0.416 e. The fourth-order valence-corrected chi connectivity index (χ4v) is 1.78. The second kappa shape index (κ2) is 6.13. The van der Waals surface area contributed by atoms with Gasteiger partial charge < -0.3 is 10.0 Å². The summed E-state index contributed by atoms with van der Waals surface area (Å²) >= 11 is 5.57. The highest BCUT2D eigenvalue weighted by Gasteiger charge is 2.32. The highest BCUT2D eigenvalue weighted by atomic mass is 35.5. The zero-order valence-corrected chi connectivity index (χ0v) is 11.1. The van der Waals surface area contributed by atoms with Crippen LogP contribution < -0.4 is 0 Å². The van der Waals surface area contributed by atoms with Crippen LogP contribution in [0.2, 0.25) is 5.02 Å². The minimum atomic E-state index is -4.64. The van der Waals surface area contributed by atoms with Crippen LogP contribution in [0.3, 0.4) is 0 Å². The number of hydrogen-bond acceptors (Lipinski definition) is 2. The Hall–Kier alpha value is -1.76. The predicted octanol–water partition coefficient (Wildman–Crippen LogP) is 2.91. The summed E-state index contributed by atoms with van der Waals surface area (Å²) in [6.07, 6.45) is -4.64. The van der Waals surface area contributed by atoms with E-state index in [1.54, 1.807) is 0 Å². The van der Waals surface area contributed by atoms with E-state index in [0.29, 0.717) is 12.1 Å². The second-order valence-electron chi connectivity index (χ2n) is 3.94. The molecule has 1 aromatic rings. The molecule has 0 unspecified atom stereocenters. The number of halogens is 4. The summed E-state index contributed by atoms with van der Waals surface area (Å²) in [7, 11) is 0. The van der Waals surface area contributed by atoms with Gasteiger partial charge in [-0.25, -0.2) is 0 Å². The van der Waals surface area contributed by atoms with Gasteiger partial charge in [-0.15, -0.1) is 0 Å². The molecule has 0 aliphatic heterocycles. The molecule has 0 bridgehead atoms. The van der Waals surface area contributed by atoms with Gasteiger partial charge in [-0.05, 0) is 25.1 Å². The van der Waals surface area contributed by atoms with Gasteiger partial charge in [-0.1, -0.05) is 11.6 Å². The molecule has 0 aromatic heterocycles. The van der Waals surface area contributed by atoms with E-state index >= 15 is 0 Å². The van der Waals surface area contributed by atoms with Crippen molar-refractivity contribution >= 4 is 23.5 Å². The lowest BCUT2D eigenvalue weighted by Gasteiger charge is -2.19. The molecule has 1 amide bonds. The largest absolute Gasteiger partial charge is 0.480 e. The zero-order valence-electron chi connectivity index (χ0n) is 10.4. The molecule has 0 radical (unpaired) electrons. The quantitative estimate of drug-likeness (QED) is 0.930. The van der Waals surface area contributed by atoms with Crippen molar-refractivity contribution in [3.8, 4) is 0 Å². The van der Waals surface area contributed by atoms with Gasteiger partial charge in [0.1, 0.15) is 6.54 Å². The van der Waals surface area contributed by atoms with E-state index in [-0.39, 0.29) is 17.1 Å². The average molecular weight is 310 g/mol. The number of amides is 1. The number of carbonyl (C=O) groups excluding carboxylic acids is 1. The first-order chi connectivity index (χ1) is 9.15. The second-order valence-corrected chi connectivity index (χ2v) is 4.38. The van der Waals surface area contributed by atoms with E-state index in [1.165, 1.54) is 6.92 Å². The minimum absolute atomic E-state index is 0.0546. The van der Waals surface area contributed by atoms with E-state index in [0.717, 1.165) is 11.0 Å². The van der Waals surface area contributed by atoms with Crippen LogP contribution in [0.4, 0.5) is 13.2 Å². The molecule has 0 atom stereocenters. The maximum atomic E-state index is 12.6. The fraction of sp³-hybridized carbons (Fsp3) is 0.333. The van der Waals surface area contributed by atoms with Gasteiger partial charge >= 0.3 is 12.1 Å². The van der Waals surface area contributed by atoms with Crippen LogP contribution in [-0.4, -0.2) is 35.0 Å². The molecular weight excluding hydrogens is 299 g/mol. The summed E-state index contributed by atoms with van der Waals surface area (Å²) < 4.78 is 37.9. The molecule has 0 spiro atoms. The number of rotatable bonds is 4. The molecule has 20 heavy (non-hydrogen) atoms. The number of likely N-dealkylation sites (N-methyl/N-ethyl adjacent to an activating group) is 1. The maximum Gasteiger partial charge on any atom is 0.416 e. The Bertz CT molecular complexity index is 531. The summed E-state index contributed by atoms with van der Waals surface area (Å²) in [6, 6.07) is 2.42. The monoisotopic (exact) mass is 309 g/mol. The standard InChI is InChI=1S/C12H11ClF3NO3/c1-2-17(6-10(18)19)11(20)7-3-8(12(14,15)16)5-9(13)4-7/h3-5H,2,6H2,1H3,(H,18,19). The molecule has 0 aliphatic rings. The number of nitrogens with zero attached hydrogens (tertiary/aromatic N) is 1. The molecule has 0 fully saturated rings. The third kappa shape index (κ3) is 4.12. The molecule has 0 heterocycles. The van der Waals surface area contributed by atoms with Crippen molar-refractivity contribution in [1.29, 1.82) is 0 Å². The van der Waals surface area contributed by atoms with Gasteiger partial charge in [0, 0.05) is 17.1 Å². The number of alkyl halides is 3. The lowest BCUT2D eigenvalue weighted by atomic mass is 10.1. The highest BCUT2D eigenvalue weighted by Crippen LogP contribution is 2.32. The van der Waals surface area contributed by atoms with E-state index in [1.807, 2.05) is 0 Å². The fourth-order valence-electron chi connectivity index (χ4n) is 1.55. The summed E-state index contributed by atoms with van der Waals surface area (Å²) in [6.45, 7) is 0.984. The van der Waals surface area contributed by atoms with Gasteiger partial charge in [0.25, 0.3) is 5.91 Å². The van der Waals surface area contributed by atoms with Crippen LogP contribution in [-0.2, 0) is 11.0 Å². The number of carbonyl (C=O) groups is 2. The topological polar surface area (TPSA) is 57.6 Å². The number of hydrogen-bond donors (Lipinski definition) is 1. The van der Waals surface area contributed by atoms with Gasteiger partial charge in [-0.3, -0.25) is 9.59 Å². The van der Waals surface area contributed by atoms with Crippen LogP contribution in [0, 0.1) is 0 Å². The Morgan fingerprint density at radius 2 is 1.90 bits per heavy atom. The van der Waals surface area contributed by atoms with E-state index < -0.39 is 30.2 Å². The SMILES string of the molecule is CCN(CC(=O)O)C(=O)c1cc(Cl)cc(C(F)(F)F)c1. The Morgan fingerprint density at radius 1 is 1.30 bits per heavy atom. The number of benzene rings is 1. The summed E-state index contributed by atoms with van der Waals surface area (Å²) in [5.74, 6) is -2.07. The van der Waals surface area contributed by atoms with Crippen LogP contribution in [0.5, 0.6) is 0 Å². The van der Waals surface area contributed by atoms with E-state index in [4.69, 9.17) is 16.7 Å².